The van der Waals surface area contributed by atoms with E-state index in [4.69, 9.17) is 0 Å². The van der Waals surface area contributed by atoms with E-state index >= 15 is 0 Å². The van der Waals surface area contributed by atoms with Gasteiger partial charge in [0, 0.05) is 43.2 Å². The van der Waals surface area contributed by atoms with Gasteiger partial charge in [0.2, 0.25) is 0 Å². The molecule has 0 N–H and O–H groups in total. The molecule has 0 aliphatic carbocycles. The summed E-state index contributed by atoms with van der Waals surface area (Å²) in [4.78, 5) is 23.5. The Hall–Kier alpha value is -3.02. The van der Waals surface area contributed by atoms with E-state index in [1.807, 2.05) is 29.3 Å². The first-order valence-electron chi connectivity index (χ1n) is 9.16. The first-order valence-corrected chi connectivity index (χ1v) is 9.16. The molecule has 1 aromatic carbocycles. The largest absolute Gasteiger partial charge is 0.338 e. The third-order valence-corrected chi connectivity index (χ3v) is 4.95. The molecule has 6 heteroatoms. The summed E-state index contributed by atoms with van der Waals surface area (Å²) in [6.45, 7) is 1.94. The van der Waals surface area contributed by atoms with Crippen molar-refractivity contribution in [3.8, 4) is 0 Å². The van der Waals surface area contributed by atoms with Gasteiger partial charge in [-0.1, -0.05) is 12.1 Å². The molecule has 0 unspecified atom stereocenters. The van der Waals surface area contributed by atoms with Crippen LogP contribution >= 0.6 is 0 Å². The van der Waals surface area contributed by atoms with Gasteiger partial charge in [-0.25, -0.2) is 9.37 Å². The van der Waals surface area contributed by atoms with Crippen LogP contribution in [0, 0.1) is 5.82 Å². The van der Waals surface area contributed by atoms with Crippen LogP contribution in [-0.4, -0.2) is 38.4 Å². The molecule has 5 nitrogen and oxygen atoms in total. The average Bonchev–Trinajstić information content (AvgIpc) is 3.16. The SMILES string of the molecule is O=C(c1cccc(F)c1)N1CCC[C@H](c2nccn2Cc2ccccn2)C1. The molecule has 1 aliphatic rings. The number of carbonyl (C=O) groups is 1. The first kappa shape index (κ1) is 17.4. The molecule has 3 aromatic rings. The van der Waals surface area contributed by atoms with Crippen molar-refractivity contribution < 1.29 is 9.18 Å². The van der Waals surface area contributed by atoms with E-state index in [0.717, 1.165) is 24.4 Å². The molecule has 1 fully saturated rings. The molecule has 0 radical (unpaired) electrons. The molecule has 0 bridgehead atoms. The minimum atomic E-state index is -0.389. The van der Waals surface area contributed by atoms with Crippen LogP contribution in [0.5, 0.6) is 0 Å². The first-order chi connectivity index (χ1) is 13.2. The van der Waals surface area contributed by atoms with Crippen LogP contribution in [0.1, 0.15) is 40.6 Å². The number of carbonyl (C=O) groups excluding carboxylic acids is 1. The van der Waals surface area contributed by atoms with E-state index in [9.17, 15) is 9.18 Å². The van der Waals surface area contributed by atoms with E-state index in [1.165, 1.54) is 12.1 Å². The quantitative estimate of drug-likeness (QED) is 0.712. The number of aromatic nitrogens is 3. The van der Waals surface area contributed by atoms with Crippen LogP contribution in [0.3, 0.4) is 0 Å². The Morgan fingerprint density at radius 2 is 2.07 bits per heavy atom. The van der Waals surface area contributed by atoms with E-state index in [0.29, 0.717) is 25.2 Å². The summed E-state index contributed by atoms with van der Waals surface area (Å²) in [6.07, 6.45) is 7.42. The van der Waals surface area contributed by atoms with Crippen molar-refractivity contribution in [3.05, 3.63) is 84.0 Å². The maximum atomic E-state index is 13.5. The minimum Gasteiger partial charge on any atom is -0.338 e. The predicted octanol–water partition coefficient (Wildman–Crippen LogP) is 3.49. The highest BCUT2D eigenvalue weighted by atomic mass is 19.1. The average molecular weight is 364 g/mol. The fourth-order valence-electron chi connectivity index (χ4n) is 3.66. The summed E-state index contributed by atoms with van der Waals surface area (Å²) >= 11 is 0. The number of hydrogen-bond acceptors (Lipinski definition) is 3. The van der Waals surface area contributed by atoms with Gasteiger partial charge in [0.05, 0.1) is 12.2 Å². The van der Waals surface area contributed by atoms with Crippen molar-refractivity contribution >= 4 is 5.91 Å². The van der Waals surface area contributed by atoms with E-state index < -0.39 is 0 Å². The Morgan fingerprint density at radius 3 is 2.89 bits per heavy atom. The molecule has 138 valence electrons. The van der Waals surface area contributed by atoms with Crippen molar-refractivity contribution in [1.82, 2.24) is 19.4 Å². The van der Waals surface area contributed by atoms with Crippen LogP contribution in [0.25, 0.3) is 0 Å². The maximum absolute atomic E-state index is 13.5. The zero-order valence-electron chi connectivity index (χ0n) is 15.0. The van der Waals surface area contributed by atoms with E-state index in [-0.39, 0.29) is 17.6 Å². The third kappa shape index (κ3) is 3.89. The molecule has 1 aliphatic heterocycles. The number of nitrogens with zero attached hydrogens (tertiary/aromatic N) is 4. The van der Waals surface area contributed by atoms with Gasteiger partial charge in [-0.3, -0.25) is 9.78 Å². The van der Waals surface area contributed by atoms with Gasteiger partial charge < -0.3 is 9.47 Å². The zero-order chi connectivity index (χ0) is 18.6. The Bertz CT molecular complexity index is 925. The second-order valence-electron chi connectivity index (χ2n) is 6.84. The summed E-state index contributed by atoms with van der Waals surface area (Å²) in [5.41, 5.74) is 1.37. The third-order valence-electron chi connectivity index (χ3n) is 4.95. The molecule has 2 aromatic heterocycles. The van der Waals surface area contributed by atoms with Crippen LogP contribution in [-0.2, 0) is 6.54 Å². The van der Waals surface area contributed by atoms with Gasteiger partial charge in [0.1, 0.15) is 11.6 Å². The highest BCUT2D eigenvalue weighted by Crippen LogP contribution is 2.27. The summed E-state index contributed by atoms with van der Waals surface area (Å²) in [7, 11) is 0. The Kier molecular flexibility index (Phi) is 4.96. The number of hydrogen-bond donors (Lipinski definition) is 0. The van der Waals surface area contributed by atoms with Crippen molar-refractivity contribution in [3.63, 3.8) is 0 Å². The molecule has 0 saturated carbocycles. The Labute approximate surface area is 157 Å². The second kappa shape index (κ2) is 7.70. The van der Waals surface area contributed by atoms with Crippen LogP contribution < -0.4 is 0 Å². The second-order valence-corrected chi connectivity index (χ2v) is 6.84. The van der Waals surface area contributed by atoms with Gasteiger partial charge >= 0.3 is 0 Å². The summed E-state index contributed by atoms with van der Waals surface area (Å²) in [5.74, 6) is 0.620. The fourth-order valence-corrected chi connectivity index (χ4v) is 3.66. The van der Waals surface area contributed by atoms with Crippen LogP contribution in [0.2, 0.25) is 0 Å². The van der Waals surface area contributed by atoms with E-state index in [2.05, 4.69) is 14.5 Å². The lowest BCUT2D eigenvalue weighted by Gasteiger charge is -2.32. The fraction of sp³-hybridized carbons (Fsp3) is 0.286. The lowest BCUT2D eigenvalue weighted by molar-refractivity contribution is 0.0703. The molecule has 1 amide bonds. The summed E-state index contributed by atoms with van der Waals surface area (Å²) in [5, 5.41) is 0. The molecule has 1 atom stereocenters. The lowest BCUT2D eigenvalue weighted by Crippen LogP contribution is -2.39. The topological polar surface area (TPSA) is 51.0 Å². The number of amides is 1. The van der Waals surface area contributed by atoms with E-state index in [1.54, 1.807) is 24.5 Å². The predicted molar refractivity (Wildman–Crippen MR) is 99.8 cm³/mol. The van der Waals surface area contributed by atoms with Crippen LogP contribution in [0.15, 0.2) is 61.1 Å². The number of rotatable bonds is 4. The summed E-state index contributed by atoms with van der Waals surface area (Å²) < 4.78 is 15.6. The van der Waals surface area contributed by atoms with Crippen molar-refractivity contribution in [2.24, 2.45) is 0 Å². The number of pyridine rings is 1. The molecular weight excluding hydrogens is 343 g/mol. The molecule has 27 heavy (non-hydrogen) atoms. The lowest BCUT2D eigenvalue weighted by atomic mass is 9.96. The zero-order valence-corrected chi connectivity index (χ0v) is 15.0. The number of imidazole rings is 1. The Morgan fingerprint density at radius 1 is 1.15 bits per heavy atom. The van der Waals surface area contributed by atoms with Crippen LogP contribution in [0.4, 0.5) is 4.39 Å². The molecule has 4 rings (SSSR count). The van der Waals surface area contributed by atoms with Gasteiger partial charge in [-0.05, 0) is 43.2 Å². The molecule has 1 saturated heterocycles. The standard InChI is InChI=1S/C21H21FN4O/c22-18-7-3-5-16(13-18)21(27)26-11-4-6-17(14-26)20-24-10-12-25(20)15-19-8-1-2-9-23-19/h1-3,5,7-10,12-13,17H,4,6,11,14-15H2/t17-/m0/s1. The normalized spacial score (nSPS) is 17.1. The highest BCUT2D eigenvalue weighted by Gasteiger charge is 2.28. The smallest absolute Gasteiger partial charge is 0.253 e. The number of likely N-dealkylation sites (tertiary alicyclic amines) is 1. The van der Waals surface area contributed by atoms with Gasteiger partial charge in [0.15, 0.2) is 0 Å². The molecule has 3 heterocycles. The number of piperidine rings is 1. The minimum absolute atomic E-state index is 0.123. The number of benzene rings is 1. The summed E-state index contributed by atoms with van der Waals surface area (Å²) in [6, 6.07) is 11.7. The number of halogens is 1. The van der Waals surface area contributed by atoms with Gasteiger partial charge in [-0.15, -0.1) is 0 Å². The Balaban J connectivity index is 1.51. The molecular formula is C21H21FN4O. The highest BCUT2D eigenvalue weighted by molar-refractivity contribution is 5.94. The van der Waals surface area contributed by atoms with Crippen molar-refractivity contribution in [2.45, 2.75) is 25.3 Å². The monoisotopic (exact) mass is 364 g/mol. The van der Waals surface area contributed by atoms with Gasteiger partial charge in [0.25, 0.3) is 5.91 Å². The van der Waals surface area contributed by atoms with Gasteiger partial charge in [-0.2, -0.15) is 0 Å². The van der Waals surface area contributed by atoms with Crippen molar-refractivity contribution in [2.75, 3.05) is 13.1 Å². The van der Waals surface area contributed by atoms with Crippen molar-refractivity contribution in [1.29, 1.82) is 0 Å². The molecule has 0 spiro atoms. The maximum Gasteiger partial charge on any atom is 0.253 e.